The molecule has 2 aliphatic heterocycles. The summed E-state index contributed by atoms with van der Waals surface area (Å²) in [4.78, 5) is 23.5. The molecule has 3 heterocycles. The number of methoxy groups -OCH3 is 1. The van der Waals surface area contributed by atoms with Gasteiger partial charge >= 0.3 is 0 Å². The molecule has 0 atom stereocenters. The Morgan fingerprint density at radius 2 is 1.97 bits per heavy atom. The van der Waals surface area contributed by atoms with Crippen molar-refractivity contribution in [2.45, 2.75) is 38.6 Å². The van der Waals surface area contributed by atoms with Gasteiger partial charge in [0.05, 0.1) is 12.2 Å². The van der Waals surface area contributed by atoms with Crippen molar-refractivity contribution in [3.8, 4) is 0 Å². The highest BCUT2D eigenvalue weighted by molar-refractivity contribution is 6.38. The molecule has 0 radical (unpaired) electrons. The van der Waals surface area contributed by atoms with Gasteiger partial charge in [0.25, 0.3) is 5.91 Å². The monoisotopic (exact) mass is 485 g/mol. The maximum absolute atomic E-state index is 13.3. The fraction of sp³-hybridized carbons (Fsp3) is 0.379. The molecule has 0 spiro atoms. The molecule has 1 saturated heterocycles. The van der Waals surface area contributed by atoms with Crippen molar-refractivity contribution < 1.29 is 9.53 Å². The van der Waals surface area contributed by atoms with E-state index in [9.17, 15) is 4.79 Å². The third-order valence-electron chi connectivity index (χ3n) is 7.10. The number of aryl methyl sites for hydroxylation is 1. The lowest BCUT2D eigenvalue weighted by atomic mass is 9.93. The molecule has 1 fully saturated rings. The smallest absolute Gasteiger partial charge is 0.257 e. The van der Waals surface area contributed by atoms with Gasteiger partial charge < -0.3 is 25.3 Å². The Morgan fingerprint density at radius 3 is 2.67 bits per heavy atom. The molecule has 7 heteroatoms. The number of aromatic amines is 1. The molecule has 1 amide bonds. The number of benzene rings is 2. The van der Waals surface area contributed by atoms with Gasteiger partial charge in [-0.1, -0.05) is 37.6 Å². The lowest BCUT2D eigenvalue weighted by molar-refractivity contribution is -0.110. The fourth-order valence-corrected chi connectivity index (χ4v) is 5.19. The van der Waals surface area contributed by atoms with Crippen LogP contribution in [0.4, 0.5) is 11.4 Å². The summed E-state index contributed by atoms with van der Waals surface area (Å²) < 4.78 is 5.22. The second-order valence-electron chi connectivity index (χ2n) is 9.60. The first-order valence-electron chi connectivity index (χ1n) is 12.9. The van der Waals surface area contributed by atoms with Crippen molar-refractivity contribution in [3.63, 3.8) is 0 Å². The average Bonchev–Trinajstić information content (AvgIpc) is 3.53. The molecule has 3 aromatic rings. The summed E-state index contributed by atoms with van der Waals surface area (Å²) in [6, 6.07) is 15.1. The number of piperidine rings is 1. The zero-order chi connectivity index (χ0) is 24.9. The molecule has 2 aromatic carbocycles. The molecular formula is C29H35N5O2. The van der Waals surface area contributed by atoms with Crippen LogP contribution in [0.15, 0.2) is 54.9 Å². The SMILES string of the molecule is CCCc1ccc(/C(=C2/C(=O)Nc3ccc(NC4CCN(CCOC)CC4)cc32)c2ncc[nH]2)cc1. The topological polar surface area (TPSA) is 82.3 Å². The number of hydrogen-bond acceptors (Lipinski definition) is 5. The van der Waals surface area contributed by atoms with E-state index in [1.165, 1.54) is 5.56 Å². The number of rotatable bonds is 9. The van der Waals surface area contributed by atoms with Crippen LogP contribution in [0, 0.1) is 0 Å². The Balaban J connectivity index is 1.45. The van der Waals surface area contributed by atoms with E-state index in [4.69, 9.17) is 4.74 Å². The van der Waals surface area contributed by atoms with Crippen LogP contribution in [-0.2, 0) is 16.0 Å². The minimum atomic E-state index is -0.0994. The molecule has 1 aromatic heterocycles. The molecule has 188 valence electrons. The van der Waals surface area contributed by atoms with Gasteiger partial charge in [-0.2, -0.15) is 0 Å². The lowest BCUT2D eigenvalue weighted by Gasteiger charge is -2.32. The number of hydrogen-bond donors (Lipinski definition) is 3. The van der Waals surface area contributed by atoms with Gasteiger partial charge in [-0.25, -0.2) is 4.98 Å². The zero-order valence-corrected chi connectivity index (χ0v) is 21.1. The molecular weight excluding hydrogens is 450 g/mol. The summed E-state index contributed by atoms with van der Waals surface area (Å²) >= 11 is 0. The first-order chi connectivity index (χ1) is 17.7. The van der Waals surface area contributed by atoms with E-state index < -0.39 is 0 Å². The number of likely N-dealkylation sites (tertiary alicyclic amines) is 1. The number of H-pyrrole nitrogens is 1. The molecule has 36 heavy (non-hydrogen) atoms. The number of carbonyl (C=O) groups excluding carboxylic acids is 1. The number of amides is 1. The summed E-state index contributed by atoms with van der Waals surface area (Å²) in [6.07, 6.45) is 7.84. The van der Waals surface area contributed by atoms with E-state index in [1.54, 1.807) is 19.5 Å². The highest BCUT2D eigenvalue weighted by atomic mass is 16.5. The van der Waals surface area contributed by atoms with Crippen LogP contribution in [0.5, 0.6) is 0 Å². The molecule has 2 aliphatic rings. The highest BCUT2D eigenvalue weighted by Crippen LogP contribution is 2.40. The number of ether oxygens (including phenoxy) is 1. The maximum atomic E-state index is 13.3. The second-order valence-corrected chi connectivity index (χ2v) is 9.60. The summed E-state index contributed by atoms with van der Waals surface area (Å²) in [6.45, 7) is 6.07. The van der Waals surface area contributed by atoms with E-state index >= 15 is 0 Å². The Hall–Kier alpha value is -3.42. The van der Waals surface area contributed by atoms with E-state index in [2.05, 4.69) is 68.8 Å². The van der Waals surface area contributed by atoms with Crippen molar-refractivity contribution in [2.24, 2.45) is 0 Å². The van der Waals surface area contributed by atoms with Gasteiger partial charge in [0.15, 0.2) is 0 Å². The Labute approximate surface area is 213 Å². The van der Waals surface area contributed by atoms with Crippen LogP contribution in [0.1, 0.15) is 48.7 Å². The Morgan fingerprint density at radius 1 is 1.17 bits per heavy atom. The minimum Gasteiger partial charge on any atom is -0.383 e. The summed E-state index contributed by atoms with van der Waals surface area (Å²) in [7, 11) is 1.75. The van der Waals surface area contributed by atoms with Gasteiger partial charge in [-0.3, -0.25) is 4.79 Å². The van der Waals surface area contributed by atoms with Crippen molar-refractivity contribution >= 4 is 28.4 Å². The van der Waals surface area contributed by atoms with E-state index in [0.29, 0.717) is 17.4 Å². The quantitative estimate of drug-likeness (QED) is 0.380. The van der Waals surface area contributed by atoms with Gasteiger partial charge in [-0.15, -0.1) is 0 Å². The van der Waals surface area contributed by atoms with Crippen molar-refractivity contribution in [1.82, 2.24) is 14.9 Å². The van der Waals surface area contributed by atoms with Gasteiger partial charge in [0.2, 0.25) is 0 Å². The first-order valence-corrected chi connectivity index (χ1v) is 12.9. The maximum Gasteiger partial charge on any atom is 0.257 e. The van der Waals surface area contributed by atoms with Gasteiger partial charge in [-0.05, 0) is 48.6 Å². The summed E-state index contributed by atoms with van der Waals surface area (Å²) in [5.41, 5.74) is 6.53. The van der Waals surface area contributed by atoms with Gasteiger partial charge in [0, 0.05) is 67.7 Å². The van der Waals surface area contributed by atoms with Crippen LogP contribution < -0.4 is 10.6 Å². The third kappa shape index (κ3) is 5.22. The second kappa shape index (κ2) is 11.1. The van der Waals surface area contributed by atoms with Crippen molar-refractivity contribution in [3.05, 3.63) is 77.4 Å². The molecule has 0 aliphatic carbocycles. The van der Waals surface area contributed by atoms with Crippen LogP contribution in [0.3, 0.4) is 0 Å². The minimum absolute atomic E-state index is 0.0994. The number of anilines is 2. The number of nitrogens with one attached hydrogen (secondary N) is 3. The molecule has 0 saturated carbocycles. The number of fused-ring (bicyclic) bond motifs is 1. The molecule has 0 bridgehead atoms. The van der Waals surface area contributed by atoms with Crippen LogP contribution >= 0.6 is 0 Å². The van der Waals surface area contributed by atoms with E-state index in [0.717, 1.165) is 80.0 Å². The van der Waals surface area contributed by atoms with Gasteiger partial charge in [0.1, 0.15) is 5.82 Å². The van der Waals surface area contributed by atoms with E-state index in [-0.39, 0.29) is 5.91 Å². The Bertz CT molecular complexity index is 1210. The highest BCUT2D eigenvalue weighted by Gasteiger charge is 2.30. The molecule has 0 unspecified atom stereocenters. The fourth-order valence-electron chi connectivity index (χ4n) is 5.19. The van der Waals surface area contributed by atoms with Crippen molar-refractivity contribution in [2.75, 3.05) is 44.0 Å². The zero-order valence-electron chi connectivity index (χ0n) is 21.1. The number of aromatic nitrogens is 2. The third-order valence-corrected chi connectivity index (χ3v) is 7.10. The Kier molecular flexibility index (Phi) is 7.49. The van der Waals surface area contributed by atoms with Crippen LogP contribution in [0.25, 0.3) is 11.1 Å². The van der Waals surface area contributed by atoms with Crippen LogP contribution in [0.2, 0.25) is 0 Å². The lowest BCUT2D eigenvalue weighted by Crippen LogP contribution is -2.40. The standard InChI is InChI=1S/C29H35N5O2/c1-3-4-20-5-7-21(8-6-20)26(28-30-13-14-31-28)27-24-19-23(9-10-25(24)33-29(27)35)32-22-11-15-34(16-12-22)17-18-36-2/h5-10,13-14,19,22,32H,3-4,11-12,15-18H2,1-2H3,(H,30,31)(H,33,35)/b27-26-. The van der Waals surface area contributed by atoms with E-state index in [1.807, 2.05) is 6.07 Å². The van der Waals surface area contributed by atoms with Crippen molar-refractivity contribution in [1.29, 1.82) is 0 Å². The molecule has 5 rings (SSSR count). The number of nitrogens with zero attached hydrogens (tertiary/aromatic N) is 2. The van der Waals surface area contributed by atoms with Crippen LogP contribution in [-0.4, -0.2) is 60.2 Å². The molecule has 3 N–H and O–H groups in total. The predicted molar refractivity (Wildman–Crippen MR) is 145 cm³/mol. The summed E-state index contributed by atoms with van der Waals surface area (Å²) in [5, 5.41) is 6.78. The normalized spacial score (nSPS) is 17.7. The number of carbonyl (C=O) groups is 1. The number of imidazole rings is 1. The average molecular weight is 486 g/mol. The molecule has 7 nitrogen and oxygen atoms in total. The first kappa shape index (κ1) is 24.3. The largest absolute Gasteiger partial charge is 0.383 e. The summed E-state index contributed by atoms with van der Waals surface area (Å²) in [5.74, 6) is 0.593. The predicted octanol–water partition coefficient (Wildman–Crippen LogP) is 4.80.